The van der Waals surface area contributed by atoms with Gasteiger partial charge in [-0.1, -0.05) is 51.8 Å². The average Bonchev–Trinajstić information content (AvgIpc) is 3.02. The number of rotatable bonds is 6. The van der Waals surface area contributed by atoms with E-state index in [1.807, 2.05) is 60.7 Å². The van der Waals surface area contributed by atoms with Crippen molar-refractivity contribution in [2.24, 2.45) is 0 Å². The van der Waals surface area contributed by atoms with Gasteiger partial charge in [0.05, 0.1) is 20.4 Å². The molecule has 0 spiro atoms. The summed E-state index contributed by atoms with van der Waals surface area (Å²) in [6.07, 6.45) is 1.71. The molecule has 0 atom stereocenters. The van der Waals surface area contributed by atoms with Gasteiger partial charge in [-0.05, 0) is 103 Å². The van der Waals surface area contributed by atoms with Gasteiger partial charge < -0.3 is 4.74 Å². The maximum absolute atomic E-state index is 12.9. The van der Waals surface area contributed by atoms with Crippen LogP contribution in [-0.4, -0.2) is 16.0 Å². The number of hydrogen-bond donors (Lipinski definition) is 0. The molecule has 3 aromatic carbocycles. The molecular formula is C24H15Br3ClNO3S. The molecule has 0 radical (unpaired) electrons. The third-order valence-electron chi connectivity index (χ3n) is 4.72. The first-order chi connectivity index (χ1) is 15.8. The normalized spacial score (nSPS) is 14.9. The van der Waals surface area contributed by atoms with Gasteiger partial charge in [0.25, 0.3) is 11.1 Å². The predicted molar refractivity (Wildman–Crippen MR) is 143 cm³/mol. The number of benzene rings is 3. The molecule has 0 aromatic heterocycles. The fourth-order valence-electron chi connectivity index (χ4n) is 3.14. The molecule has 168 valence electrons. The molecule has 0 unspecified atom stereocenters. The van der Waals surface area contributed by atoms with Crippen LogP contribution < -0.4 is 4.74 Å². The standard InChI is InChI=1S/C24H15Br3ClNO3S/c25-17-3-1-2-15(8-17)12-29-23(30)21(33-24(29)31)11-16-9-19(26)22(20(27)10-16)32-13-14-4-6-18(28)7-5-14/h1-11H,12-13H2/b21-11+. The molecule has 0 aliphatic carbocycles. The second-order valence-electron chi connectivity index (χ2n) is 7.13. The summed E-state index contributed by atoms with van der Waals surface area (Å²) in [5.41, 5.74) is 2.63. The molecule has 0 bridgehead atoms. The van der Waals surface area contributed by atoms with Crippen LogP contribution in [0.25, 0.3) is 6.08 Å². The summed E-state index contributed by atoms with van der Waals surface area (Å²) in [7, 11) is 0. The lowest BCUT2D eigenvalue weighted by molar-refractivity contribution is -0.123. The Labute approximate surface area is 225 Å². The molecule has 3 aromatic rings. The third kappa shape index (κ3) is 6.11. The highest BCUT2D eigenvalue weighted by Gasteiger charge is 2.35. The second-order valence-corrected chi connectivity index (χ2v) is 11.2. The SMILES string of the molecule is O=C1S/C(=C/c2cc(Br)c(OCc3ccc(Cl)cc3)c(Br)c2)C(=O)N1Cc1cccc(Br)c1. The van der Waals surface area contributed by atoms with Crippen LogP contribution in [-0.2, 0) is 17.9 Å². The molecule has 0 saturated carbocycles. The molecular weight excluding hydrogens is 658 g/mol. The van der Waals surface area contributed by atoms with Crippen LogP contribution in [0.1, 0.15) is 16.7 Å². The van der Waals surface area contributed by atoms with Crippen molar-refractivity contribution < 1.29 is 14.3 Å². The Bertz CT molecular complexity index is 1240. The zero-order chi connectivity index (χ0) is 23.5. The summed E-state index contributed by atoms with van der Waals surface area (Å²) >= 11 is 17.4. The number of thioether (sulfide) groups is 1. The lowest BCUT2D eigenvalue weighted by atomic mass is 10.2. The quantitative estimate of drug-likeness (QED) is 0.247. The summed E-state index contributed by atoms with van der Waals surface area (Å²) in [5.74, 6) is 0.338. The zero-order valence-electron chi connectivity index (χ0n) is 16.9. The summed E-state index contributed by atoms with van der Waals surface area (Å²) in [6.45, 7) is 0.606. The molecule has 4 nitrogen and oxygen atoms in total. The minimum absolute atomic E-state index is 0.228. The highest BCUT2D eigenvalue weighted by atomic mass is 79.9. The maximum atomic E-state index is 12.9. The first-order valence-electron chi connectivity index (χ1n) is 9.66. The largest absolute Gasteiger partial charge is 0.487 e. The van der Waals surface area contributed by atoms with Gasteiger partial charge in [-0.3, -0.25) is 14.5 Å². The topological polar surface area (TPSA) is 46.6 Å². The van der Waals surface area contributed by atoms with E-state index >= 15 is 0 Å². The Kier molecular flexibility index (Phi) is 8.02. The average molecular weight is 673 g/mol. The number of ether oxygens (including phenoxy) is 1. The van der Waals surface area contributed by atoms with Crippen LogP contribution in [0.15, 0.2) is 79.0 Å². The lowest BCUT2D eigenvalue weighted by Crippen LogP contribution is -2.27. The van der Waals surface area contributed by atoms with Gasteiger partial charge in [-0.15, -0.1) is 0 Å². The zero-order valence-corrected chi connectivity index (χ0v) is 23.2. The summed E-state index contributed by atoms with van der Waals surface area (Å²) in [6, 6.07) is 18.7. The summed E-state index contributed by atoms with van der Waals surface area (Å²) < 4.78 is 8.31. The van der Waals surface area contributed by atoms with Crippen molar-refractivity contribution in [3.05, 3.63) is 101 Å². The van der Waals surface area contributed by atoms with Gasteiger partial charge in [0.2, 0.25) is 0 Å². The van der Waals surface area contributed by atoms with Crippen LogP contribution in [0.2, 0.25) is 5.02 Å². The fraction of sp³-hybridized carbons (Fsp3) is 0.0833. The summed E-state index contributed by atoms with van der Waals surface area (Å²) in [5, 5.41) is 0.388. The molecule has 9 heteroatoms. The molecule has 1 fully saturated rings. The highest BCUT2D eigenvalue weighted by molar-refractivity contribution is 9.11. The molecule has 1 heterocycles. The van der Waals surface area contributed by atoms with Crippen molar-refractivity contribution in [1.29, 1.82) is 0 Å². The number of carbonyl (C=O) groups excluding carboxylic acids is 2. The minimum Gasteiger partial charge on any atom is -0.487 e. The van der Waals surface area contributed by atoms with E-state index in [2.05, 4.69) is 47.8 Å². The molecule has 4 rings (SSSR count). The van der Waals surface area contributed by atoms with Crippen LogP contribution in [0.4, 0.5) is 4.79 Å². The van der Waals surface area contributed by atoms with Gasteiger partial charge in [0.1, 0.15) is 12.4 Å². The van der Waals surface area contributed by atoms with Crippen LogP contribution >= 0.6 is 71.2 Å². The number of carbonyl (C=O) groups is 2. The fourth-order valence-corrected chi connectivity index (χ4v) is 6.00. The number of nitrogens with zero attached hydrogens (tertiary/aromatic N) is 1. The van der Waals surface area contributed by atoms with Crippen LogP contribution in [0.5, 0.6) is 5.75 Å². The van der Waals surface area contributed by atoms with E-state index in [0.717, 1.165) is 41.9 Å². The summed E-state index contributed by atoms with van der Waals surface area (Å²) in [4.78, 5) is 27.0. The third-order valence-corrected chi connectivity index (χ3v) is 7.55. The van der Waals surface area contributed by atoms with Gasteiger partial charge >= 0.3 is 0 Å². The Morgan fingerprint density at radius 3 is 2.30 bits per heavy atom. The Morgan fingerprint density at radius 1 is 0.939 bits per heavy atom. The second kappa shape index (κ2) is 10.8. The van der Waals surface area contributed by atoms with Crippen molar-refractivity contribution in [1.82, 2.24) is 4.90 Å². The van der Waals surface area contributed by atoms with Gasteiger partial charge in [-0.25, -0.2) is 0 Å². The van der Waals surface area contributed by atoms with E-state index in [1.54, 1.807) is 6.08 Å². The lowest BCUT2D eigenvalue weighted by Gasteiger charge is -2.13. The van der Waals surface area contributed by atoms with E-state index in [4.69, 9.17) is 16.3 Å². The van der Waals surface area contributed by atoms with Crippen LogP contribution in [0, 0.1) is 0 Å². The smallest absolute Gasteiger partial charge is 0.293 e. The van der Waals surface area contributed by atoms with Crippen molar-refractivity contribution in [2.75, 3.05) is 0 Å². The van der Waals surface area contributed by atoms with E-state index in [1.165, 1.54) is 4.90 Å². The molecule has 1 aliphatic heterocycles. The molecule has 1 aliphatic rings. The number of halogens is 4. The minimum atomic E-state index is -0.305. The first-order valence-corrected chi connectivity index (χ1v) is 13.2. The van der Waals surface area contributed by atoms with E-state index in [-0.39, 0.29) is 17.7 Å². The van der Waals surface area contributed by atoms with Gasteiger partial charge in [0, 0.05) is 9.50 Å². The highest BCUT2D eigenvalue weighted by Crippen LogP contribution is 2.38. The Morgan fingerprint density at radius 2 is 1.64 bits per heavy atom. The molecule has 1 saturated heterocycles. The number of imide groups is 1. The predicted octanol–water partition coefficient (Wildman–Crippen LogP) is 8.44. The van der Waals surface area contributed by atoms with Gasteiger partial charge in [-0.2, -0.15) is 0 Å². The van der Waals surface area contributed by atoms with Crippen molar-refractivity contribution in [3.8, 4) is 5.75 Å². The Balaban J connectivity index is 1.49. The first kappa shape index (κ1) is 24.5. The van der Waals surface area contributed by atoms with E-state index in [0.29, 0.717) is 22.3 Å². The Hall–Kier alpha value is -1.58. The van der Waals surface area contributed by atoms with E-state index < -0.39 is 0 Å². The number of amides is 2. The van der Waals surface area contributed by atoms with Gasteiger partial charge in [0.15, 0.2) is 0 Å². The van der Waals surface area contributed by atoms with Crippen molar-refractivity contribution in [2.45, 2.75) is 13.2 Å². The monoisotopic (exact) mass is 669 g/mol. The molecule has 0 N–H and O–H groups in total. The maximum Gasteiger partial charge on any atom is 0.293 e. The molecule has 33 heavy (non-hydrogen) atoms. The van der Waals surface area contributed by atoms with Crippen molar-refractivity contribution in [3.63, 3.8) is 0 Å². The number of hydrogen-bond acceptors (Lipinski definition) is 4. The molecule has 2 amide bonds. The van der Waals surface area contributed by atoms with Crippen LogP contribution in [0.3, 0.4) is 0 Å². The van der Waals surface area contributed by atoms with E-state index in [9.17, 15) is 9.59 Å². The van der Waals surface area contributed by atoms with Crippen molar-refractivity contribution >= 4 is 88.4 Å².